The molecule has 1 saturated heterocycles. The second kappa shape index (κ2) is 7.00. The lowest BCUT2D eigenvalue weighted by molar-refractivity contribution is -0.0292. The van der Waals surface area contributed by atoms with E-state index in [0.29, 0.717) is 28.2 Å². The molecular weight excluding hydrogens is 336 g/mol. The number of hydrogen-bond acceptors (Lipinski definition) is 6. The van der Waals surface area contributed by atoms with E-state index >= 15 is 0 Å². The number of nitrogens with zero attached hydrogens (tertiary/aromatic N) is 5. The van der Waals surface area contributed by atoms with Crippen LogP contribution in [0.5, 0.6) is 0 Å². The third kappa shape index (κ3) is 3.27. The molecule has 1 aliphatic heterocycles. The number of rotatable bonds is 5. The number of hydrogen-bond donors (Lipinski definition) is 2. The van der Waals surface area contributed by atoms with Gasteiger partial charge in [-0.25, -0.2) is 15.0 Å². The first kappa shape index (κ1) is 18.3. The van der Waals surface area contributed by atoms with Gasteiger partial charge in [-0.2, -0.15) is 0 Å². The number of fused-ring (bicyclic) bond motifs is 1. The number of aliphatic hydroxyl groups excluding tert-OH is 1. The molecule has 0 aromatic carbocycles. The van der Waals surface area contributed by atoms with E-state index in [1.165, 1.54) is 0 Å². The third-order valence-corrected chi connectivity index (χ3v) is 4.37. The number of carbonyl (C=O) groups is 1. The molecule has 1 amide bonds. The summed E-state index contributed by atoms with van der Waals surface area (Å²) in [5.41, 5.74) is 6.44. The Bertz CT molecular complexity index is 860. The summed E-state index contributed by atoms with van der Waals surface area (Å²) in [5.74, 6) is 0.487. The number of nitrogens with two attached hydrogens (primary N) is 1. The highest BCUT2D eigenvalue weighted by atomic mass is 16.5. The lowest BCUT2D eigenvalue weighted by Crippen LogP contribution is -2.16. The van der Waals surface area contributed by atoms with Crippen molar-refractivity contribution in [2.24, 2.45) is 16.6 Å². The van der Waals surface area contributed by atoms with Crippen molar-refractivity contribution in [2.75, 3.05) is 20.7 Å². The Hall–Kier alpha value is -2.52. The molecule has 3 atom stereocenters. The molecule has 1 fully saturated rings. The van der Waals surface area contributed by atoms with Crippen molar-refractivity contribution >= 4 is 29.1 Å². The van der Waals surface area contributed by atoms with E-state index in [4.69, 9.17) is 10.5 Å². The second-order valence-electron chi connectivity index (χ2n) is 6.86. The Morgan fingerprint density at radius 3 is 2.85 bits per heavy atom. The average Bonchev–Trinajstić information content (AvgIpc) is 3.12. The molecule has 26 heavy (non-hydrogen) atoms. The minimum absolute atomic E-state index is 0.0465. The largest absolute Gasteiger partial charge is 0.394 e. The number of ether oxygens (including phenoxy) is 1. The van der Waals surface area contributed by atoms with Gasteiger partial charge in [0, 0.05) is 26.2 Å². The maximum Gasteiger partial charge on any atom is 0.251 e. The highest BCUT2D eigenvalue weighted by molar-refractivity contribution is 6.09. The SMILES string of the molecule is Cc1nc(/N=C/N(C)C)c2c(C(N)=O)cn([C@@H]3O[C@H](CO)C[C@H]3C)c2n1. The van der Waals surface area contributed by atoms with Gasteiger partial charge in [0.1, 0.15) is 17.7 Å². The minimum atomic E-state index is -0.577. The van der Waals surface area contributed by atoms with Crippen LogP contribution in [-0.4, -0.2) is 63.6 Å². The summed E-state index contributed by atoms with van der Waals surface area (Å²) in [6.45, 7) is 3.76. The maximum atomic E-state index is 12.0. The summed E-state index contributed by atoms with van der Waals surface area (Å²) in [4.78, 5) is 27.1. The molecule has 0 saturated carbocycles. The summed E-state index contributed by atoms with van der Waals surface area (Å²) in [6, 6.07) is 0. The number of carbonyl (C=O) groups excluding carboxylic acids is 1. The van der Waals surface area contributed by atoms with E-state index in [-0.39, 0.29) is 24.9 Å². The van der Waals surface area contributed by atoms with Crippen molar-refractivity contribution in [1.82, 2.24) is 19.4 Å². The van der Waals surface area contributed by atoms with Crippen LogP contribution in [0.25, 0.3) is 11.0 Å². The Labute approximate surface area is 151 Å². The lowest BCUT2D eigenvalue weighted by atomic mass is 10.1. The fraction of sp³-hybridized carbons (Fsp3) is 0.529. The molecule has 0 unspecified atom stereocenters. The van der Waals surface area contributed by atoms with Crippen molar-refractivity contribution in [2.45, 2.75) is 32.6 Å². The van der Waals surface area contributed by atoms with Crippen LogP contribution in [0.1, 0.15) is 35.8 Å². The predicted octanol–water partition coefficient (Wildman–Crippen LogP) is 0.976. The summed E-state index contributed by atoms with van der Waals surface area (Å²) in [7, 11) is 3.69. The van der Waals surface area contributed by atoms with Crippen molar-refractivity contribution in [3.63, 3.8) is 0 Å². The maximum absolute atomic E-state index is 12.0. The van der Waals surface area contributed by atoms with E-state index in [9.17, 15) is 9.90 Å². The first-order chi connectivity index (χ1) is 12.3. The molecule has 3 rings (SSSR count). The highest BCUT2D eigenvalue weighted by Crippen LogP contribution is 2.38. The summed E-state index contributed by atoms with van der Waals surface area (Å²) >= 11 is 0. The van der Waals surface area contributed by atoms with Crippen LogP contribution in [0.3, 0.4) is 0 Å². The molecule has 1 aliphatic rings. The van der Waals surface area contributed by atoms with Gasteiger partial charge in [0.05, 0.1) is 30.0 Å². The van der Waals surface area contributed by atoms with E-state index in [2.05, 4.69) is 15.0 Å². The van der Waals surface area contributed by atoms with E-state index < -0.39 is 5.91 Å². The fourth-order valence-electron chi connectivity index (χ4n) is 3.26. The van der Waals surface area contributed by atoms with Crippen molar-refractivity contribution < 1.29 is 14.6 Å². The lowest BCUT2D eigenvalue weighted by Gasteiger charge is -2.18. The Kier molecular flexibility index (Phi) is 4.92. The van der Waals surface area contributed by atoms with Crippen molar-refractivity contribution in [1.29, 1.82) is 0 Å². The fourth-order valence-corrected chi connectivity index (χ4v) is 3.26. The third-order valence-electron chi connectivity index (χ3n) is 4.37. The zero-order valence-electron chi connectivity index (χ0n) is 15.4. The van der Waals surface area contributed by atoms with Crippen LogP contribution in [0.4, 0.5) is 5.82 Å². The number of aryl methyl sites for hydroxylation is 1. The second-order valence-corrected chi connectivity index (χ2v) is 6.86. The molecule has 9 nitrogen and oxygen atoms in total. The molecule has 2 aromatic heterocycles. The molecule has 0 spiro atoms. The summed E-state index contributed by atoms with van der Waals surface area (Å²) in [5, 5.41) is 9.91. The molecule has 0 radical (unpaired) electrons. The van der Waals surface area contributed by atoms with Crippen LogP contribution < -0.4 is 5.73 Å². The van der Waals surface area contributed by atoms with Gasteiger partial charge in [-0.15, -0.1) is 0 Å². The van der Waals surface area contributed by atoms with Gasteiger partial charge in [-0.05, 0) is 13.3 Å². The number of aliphatic imine (C=N–C) groups is 1. The van der Waals surface area contributed by atoms with E-state index in [1.54, 1.807) is 28.9 Å². The molecule has 0 bridgehead atoms. The van der Waals surface area contributed by atoms with Gasteiger partial charge in [-0.3, -0.25) is 4.79 Å². The smallest absolute Gasteiger partial charge is 0.251 e. The van der Waals surface area contributed by atoms with Gasteiger partial charge in [-0.1, -0.05) is 6.92 Å². The summed E-state index contributed by atoms with van der Waals surface area (Å²) < 4.78 is 7.75. The number of primary amides is 1. The molecule has 3 N–H and O–H groups in total. The minimum Gasteiger partial charge on any atom is -0.394 e. The van der Waals surface area contributed by atoms with Gasteiger partial charge in [0.15, 0.2) is 5.82 Å². The molecule has 140 valence electrons. The normalized spacial score (nSPS) is 23.2. The van der Waals surface area contributed by atoms with Gasteiger partial charge >= 0.3 is 0 Å². The molecule has 2 aromatic rings. The number of aliphatic hydroxyl groups is 1. The van der Waals surface area contributed by atoms with Crippen molar-refractivity contribution in [3.8, 4) is 0 Å². The monoisotopic (exact) mass is 360 g/mol. The van der Waals surface area contributed by atoms with E-state index in [1.807, 2.05) is 21.0 Å². The van der Waals surface area contributed by atoms with Crippen LogP contribution in [0.2, 0.25) is 0 Å². The predicted molar refractivity (Wildman–Crippen MR) is 97.4 cm³/mol. The molecule has 0 aliphatic carbocycles. The first-order valence-electron chi connectivity index (χ1n) is 8.47. The van der Waals surface area contributed by atoms with Gasteiger partial charge in [0.2, 0.25) is 0 Å². The molecule has 9 heteroatoms. The summed E-state index contributed by atoms with van der Waals surface area (Å²) in [6.07, 6.45) is 3.40. The number of aromatic nitrogens is 3. The molecular formula is C17H24N6O3. The topological polar surface area (TPSA) is 119 Å². The standard InChI is InChI=1S/C17H24N6O3/c1-9-5-11(7-24)26-17(9)23-6-12(14(18)25)13-15(19-8-22(3)4)20-10(2)21-16(13)23/h6,8-9,11,17,24H,5,7H2,1-4H3,(H2,18,25)/b19-8+/t9-,11+,17-/m1/s1. The Morgan fingerprint density at radius 1 is 1.54 bits per heavy atom. The van der Waals surface area contributed by atoms with Gasteiger partial charge < -0.3 is 25.0 Å². The van der Waals surface area contributed by atoms with Crippen LogP contribution >= 0.6 is 0 Å². The Balaban J connectivity index is 2.21. The zero-order valence-corrected chi connectivity index (χ0v) is 15.4. The quantitative estimate of drug-likeness (QED) is 0.606. The van der Waals surface area contributed by atoms with Crippen molar-refractivity contribution in [3.05, 3.63) is 17.6 Å². The first-order valence-corrected chi connectivity index (χ1v) is 8.47. The highest BCUT2D eigenvalue weighted by Gasteiger charge is 2.35. The van der Waals surface area contributed by atoms with Gasteiger partial charge in [0.25, 0.3) is 5.91 Å². The number of amides is 1. The zero-order chi connectivity index (χ0) is 19.0. The van der Waals surface area contributed by atoms with Crippen LogP contribution in [0, 0.1) is 12.8 Å². The Morgan fingerprint density at radius 2 is 2.27 bits per heavy atom. The van der Waals surface area contributed by atoms with Crippen LogP contribution in [-0.2, 0) is 4.74 Å². The molecule has 3 heterocycles. The van der Waals surface area contributed by atoms with Crippen LogP contribution in [0.15, 0.2) is 11.2 Å². The average molecular weight is 360 g/mol. The van der Waals surface area contributed by atoms with E-state index in [0.717, 1.165) is 6.42 Å².